The number of halogens is 1. The number of aromatic nitrogens is 1. The smallest absolute Gasteiger partial charge is 0.251 e. The molecule has 146 valence electrons. The summed E-state index contributed by atoms with van der Waals surface area (Å²) in [5, 5.41) is 3.06. The third-order valence-corrected chi connectivity index (χ3v) is 5.23. The minimum Gasteiger partial charge on any atom is -0.441 e. The summed E-state index contributed by atoms with van der Waals surface area (Å²) in [6.07, 6.45) is 3.68. The van der Waals surface area contributed by atoms with E-state index in [2.05, 4.69) is 15.2 Å². The minimum absolute atomic E-state index is 0.130. The first-order valence-corrected chi connectivity index (χ1v) is 9.80. The van der Waals surface area contributed by atoms with Gasteiger partial charge in [0.25, 0.3) is 5.91 Å². The lowest BCUT2D eigenvalue weighted by Gasteiger charge is -2.32. The van der Waals surface area contributed by atoms with Crippen LogP contribution in [0, 0.1) is 5.82 Å². The number of nitrogens with zero attached hydrogens (tertiary/aromatic N) is 2. The molecule has 0 atom stereocenters. The zero-order chi connectivity index (χ0) is 19.3. The van der Waals surface area contributed by atoms with E-state index in [0.717, 1.165) is 62.3 Å². The second-order valence-corrected chi connectivity index (χ2v) is 7.28. The molecule has 0 bridgehead atoms. The highest BCUT2D eigenvalue weighted by molar-refractivity contribution is 5.94. The van der Waals surface area contributed by atoms with Gasteiger partial charge in [-0.25, -0.2) is 9.37 Å². The third kappa shape index (κ3) is 4.57. The first kappa shape index (κ1) is 18.6. The fourth-order valence-electron chi connectivity index (χ4n) is 3.65. The van der Waals surface area contributed by atoms with Gasteiger partial charge in [0, 0.05) is 31.1 Å². The molecule has 1 aliphatic rings. The molecular weight excluding hydrogens is 357 g/mol. The van der Waals surface area contributed by atoms with Gasteiger partial charge in [0.05, 0.1) is 0 Å². The van der Waals surface area contributed by atoms with Crippen molar-refractivity contribution < 1.29 is 13.6 Å². The second kappa shape index (κ2) is 8.52. The Kier molecular flexibility index (Phi) is 5.67. The van der Waals surface area contributed by atoms with Crippen molar-refractivity contribution in [3.8, 4) is 0 Å². The van der Waals surface area contributed by atoms with Gasteiger partial charge in [-0.1, -0.05) is 12.1 Å². The van der Waals surface area contributed by atoms with Crippen LogP contribution >= 0.6 is 0 Å². The average molecular weight is 381 g/mol. The summed E-state index contributed by atoms with van der Waals surface area (Å²) < 4.78 is 18.7. The highest BCUT2D eigenvalue weighted by Gasteiger charge is 2.21. The van der Waals surface area contributed by atoms with Gasteiger partial charge in [-0.2, -0.15) is 0 Å². The van der Waals surface area contributed by atoms with E-state index in [1.807, 2.05) is 24.3 Å². The Morgan fingerprint density at radius 1 is 1.14 bits per heavy atom. The summed E-state index contributed by atoms with van der Waals surface area (Å²) >= 11 is 0. The molecule has 0 unspecified atom stereocenters. The standard InChI is InChI=1S/C22H24FN3O2/c23-17-9-7-16(8-10-17)22(27)24-18-11-14-26(15-12-18)13-3-6-21-25-19-4-1-2-5-20(19)28-21/h1-2,4-5,7-10,18H,3,6,11-15H2,(H,24,27). The van der Waals surface area contributed by atoms with Crippen LogP contribution in [-0.2, 0) is 6.42 Å². The van der Waals surface area contributed by atoms with Crippen LogP contribution in [-0.4, -0.2) is 41.5 Å². The second-order valence-electron chi connectivity index (χ2n) is 7.28. The van der Waals surface area contributed by atoms with Crippen LogP contribution in [0.4, 0.5) is 4.39 Å². The Balaban J connectivity index is 1.19. The molecule has 1 aliphatic heterocycles. The summed E-state index contributed by atoms with van der Waals surface area (Å²) in [6.45, 7) is 2.92. The maximum atomic E-state index is 13.0. The van der Waals surface area contributed by atoms with E-state index in [1.54, 1.807) is 0 Å². The van der Waals surface area contributed by atoms with E-state index in [4.69, 9.17) is 4.42 Å². The van der Waals surface area contributed by atoms with Gasteiger partial charge in [0.1, 0.15) is 11.3 Å². The molecule has 1 N–H and O–H groups in total. The van der Waals surface area contributed by atoms with E-state index in [-0.39, 0.29) is 17.8 Å². The van der Waals surface area contributed by atoms with Crippen molar-refractivity contribution in [2.45, 2.75) is 31.7 Å². The molecule has 28 heavy (non-hydrogen) atoms. The first-order chi connectivity index (χ1) is 13.7. The molecule has 0 saturated carbocycles. The molecule has 3 aromatic rings. The third-order valence-electron chi connectivity index (χ3n) is 5.23. The molecule has 1 fully saturated rings. The van der Waals surface area contributed by atoms with Crippen LogP contribution in [0.5, 0.6) is 0 Å². The number of benzene rings is 2. The van der Waals surface area contributed by atoms with E-state index in [1.165, 1.54) is 24.3 Å². The zero-order valence-electron chi connectivity index (χ0n) is 15.7. The number of aryl methyl sites for hydroxylation is 1. The maximum Gasteiger partial charge on any atom is 0.251 e. The number of rotatable bonds is 6. The van der Waals surface area contributed by atoms with Crippen LogP contribution in [0.2, 0.25) is 0 Å². The molecule has 1 saturated heterocycles. The van der Waals surface area contributed by atoms with Crippen molar-refractivity contribution in [3.05, 3.63) is 65.8 Å². The minimum atomic E-state index is -0.331. The predicted octanol–water partition coefficient (Wildman–Crippen LogP) is 3.79. The molecule has 6 heteroatoms. The lowest BCUT2D eigenvalue weighted by atomic mass is 10.0. The number of hydrogen-bond donors (Lipinski definition) is 1. The van der Waals surface area contributed by atoms with Gasteiger partial charge in [-0.15, -0.1) is 0 Å². The van der Waals surface area contributed by atoms with Crippen molar-refractivity contribution in [3.63, 3.8) is 0 Å². The molecule has 5 nitrogen and oxygen atoms in total. The fraction of sp³-hybridized carbons (Fsp3) is 0.364. The predicted molar refractivity (Wildman–Crippen MR) is 106 cm³/mol. The number of piperidine rings is 1. The Bertz CT molecular complexity index is 897. The highest BCUT2D eigenvalue weighted by atomic mass is 19.1. The quantitative estimate of drug-likeness (QED) is 0.706. The molecule has 1 amide bonds. The van der Waals surface area contributed by atoms with Gasteiger partial charge in [0.15, 0.2) is 11.5 Å². The Morgan fingerprint density at radius 3 is 2.64 bits per heavy atom. The number of para-hydroxylation sites is 2. The molecule has 2 aromatic carbocycles. The topological polar surface area (TPSA) is 58.4 Å². The number of amides is 1. The number of carbonyl (C=O) groups is 1. The Morgan fingerprint density at radius 2 is 1.89 bits per heavy atom. The summed E-state index contributed by atoms with van der Waals surface area (Å²) in [6, 6.07) is 13.7. The lowest BCUT2D eigenvalue weighted by Crippen LogP contribution is -2.44. The van der Waals surface area contributed by atoms with Crippen LogP contribution in [0.25, 0.3) is 11.1 Å². The van der Waals surface area contributed by atoms with Gasteiger partial charge in [0.2, 0.25) is 0 Å². The lowest BCUT2D eigenvalue weighted by molar-refractivity contribution is 0.0910. The molecule has 4 rings (SSSR count). The van der Waals surface area contributed by atoms with Gasteiger partial charge in [-0.05, 0) is 62.2 Å². The van der Waals surface area contributed by atoms with Crippen molar-refractivity contribution in [2.24, 2.45) is 0 Å². The molecule has 0 aliphatic carbocycles. The fourth-order valence-corrected chi connectivity index (χ4v) is 3.65. The van der Waals surface area contributed by atoms with Crippen molar-refractivity contribution in [2.75, 3.05) is 19.6 Å². The number of nitrogens with one attached hydrogen (secondary N) is 1. The number of hydrogen-bond acceptors (Lipinski definition) is 4. The van der Waals surface area contributed by atoms with Crippen LogP contribution in [0.1, 0.15) is 35.5 Å². The number of carbonyl (C=O) groups excluding carboxylic acids is 1. The molecular formula is C22H24FN3O2. The van der Waals surface area contributed by atoms with E-state index in [0.29, 0.717) is 5.56 Å². The number of fused-ring (bicyclic) bond motifs is 1. The molecule has 2 heterocycles. The molecule has 0 spiro atoms. The van der Waals surface area contributed by atoms with Crippen LogP contribution < -0.4 is 5.32 Å². The summed E-state index contributed by atoms with van der Waals surface area (Å²) in [7, 11) is 0. The van der Waals surface area contributed by atoms with Crippen LogP contribution in [0.15, 0.2) is 52.9 Å². The summed E-state index contributed by atoms with van der Waals surface area (Å²) in [5.41, 5.74) is 2.26. The Labute approximate surface area is 163 Å². The van der Waals surface area contributed by atoms with E-state index < -0.39 is 0 Å². The summed E-state index contributed by atoms with van der Waals surface area (Å²) in [5.74, 6) is 0.333. The van der Waals surface area contributed by atoms with Gasteiger partial charge in [-0.3, -0.25) is 4.79 Å². The van der Waals surface area contributed by atoms with Crippen LogP contribution in [0.3, 0.4) is 0 Å². The number of oxazole rings is 1. The maximum absolute atomic E-state index is 13.0. The summed E-state index contributed by atoms with van der Waals surface area (Å²) in [4.78, 5) is 19.2. The van der Waals surface area contributed by atoms with E-state index in [9.17, 15) is 9.18 Å². The molecule has 1 aromatic heterocycles. The first-order valence-electron chi connectivity index (χ1n) is 9.80. The van der Waals surface area contributed by atoms with E-state index >= 15 is 0 Å². The van der Waals surface area contributed by atoms with Crippen molar-refractivity contribution >= 4 is 17.0 Å². The van der Waals surface area contributed by atoms with Crippen molar-refractivity contribution in [1.29, 1.82) is 0 Å². The largest absolute Gasteiger partial charge is 0.441 e. The highest BCUT2D eigenvalue weighted by Crippen LogP contribution is 2.17. The normalized spacial score (nSPS) is 15.8. The monoisotopic (exact) mass is 381 g/mol. The SMILES string of the molecule is O=C(NC1CCN(CCCc2nc3ccccc3o2)CC1)c1ccc(F)cc1. The van der Waals surface area contributed by atoms with Gasteiger partial charge >= 0.3 is 0 Å². The number of likely N-dealkylation sites (tertiary alicyclic amines) is 1. The molecule has 0 radical (unpaired) electrons. The van der Waals surface area contributed by atoms with Gasteiger partial charge < -0.3 is 14.6 Å². The average Bonchev–Trinajstić information content (AvgIpc) is 3.12. The zero-order valence-corrected chi connectivity index (χ0v) is 15.7. The van der Waals surface area contributed by atoms with Crippen molar-refractivity contribution in [1.82, 2.24) is 15.2 Å². The Hall–Kier alpha value is -2.73.